The van der Waals surface area contributed by atoms with Gasteiger partial charge in [-0.3, -0.25) is 0 Å². The zero-order valence-corrected chi connectivity index (χ0v) is 11.0. The van der Waals surface area contributed by atoms with Crippen LogP contribution in [0.25, 0.3) is 0 Å². The van der Waals surface area contributed by atoms with Crippen molar-refractivity contribution in [2.45, 2.75) is 19.2 Å². The molecule has 8 heteroatoms. The highest BCUT2D eigenvalue weighted by molar-refractivity contribution is 5.99. The minimum atomic E-state index is -4.63. The van der Waals surface area contributed by atoms with E-state index in [0.717, 1.165) is 12.1 Å². The first-order chi connectivity index (χ1) is 9.16. The summed E-state index contributed by atoms with van der Waals surface area (Å²) in [6, 6.07) is 3.44. The van der Waals surface area contributed by atoms with Crippen molar-refractivity contribution in [1.29, 1.82) is 0 Å². The molecule has 1 atom stereocenters. The molecular weight excluding hydrogens is 275 g/mol. The fourth-order valence-electron chi connectivity index (χ4n) is 1.78. The third kappa shape index (κ3) is 3.77. The first-order valence-corrected chi connectivity index (χ1v) is 5.75. The number of rotatable bonds is 4. The van der Waals surface area contributed by atoms with Crippen molar-refractivity contribution in [3.63, 3.8) is 0 Å². The molecule has 0 saturated heterocycles. The van der Waals surface area contributed by atoms with Gasteiger partial charge in [0.05, 0.1) is 11.7 Å². The van der Waals surface area contributed by atoms with Crippen molar-refractivity contribution >= 4 is 11.5 Å². The number of aliphatic hydroxyl groups is 1. The first-order valence-electron chi connectivity index (χ1n) is 5.75. The Morgan fingerprint density at radius 1 is 1.45 bits per heavy atom. The monoisotopic (exact) mass is 291 g/mol. The van der Waals surface area contributed by atoms with Gasteiger partial charge < -0.3 is 20.9 Å². The van der Waals surface area contributed by atoms with E-state index in [2.05, 4.69) is 5.16 Å². The van der Waals surface area contributed by atoms with E-state index in [-0.39, 0.29) is 12.2 Å². The molecule has 1 aromatic carbocycles. The molecule has 5 nitrogen and oxygen atoms in total. The number of anilines is 1. The van der Waals surface area contributed by atoms with Gasteiger partial charge in [0.15, 0.2) is 5.84 Å². The molecule has 0 aliphatic carbocycles. The molecule has 0 aliphatic heterocycles. The van der Waals surface area contributed by atoms with Gasteiger partial charge in [-0.1, -0.05) is 5.16 Å². The second kappa shape index (κ2) is 6.00. The van der Waals surface area contributed by atoms with Crippen LogP contribution in [-0.4, -0.2) is 35.8 Å². The summed E-state index contributed by atoms with van der Waals surface area (Å²) < 4.78 is 39.0. The van der Waals surface area contributed by atoms with Gasteiger partial charge in [0.25, 0.3) is 0 Å². The maximum absolute atomic E-state index is 13.0. The smallest absolute Gasteiger partial charge is 0.409 e. The van der Waals surface area contributed by atoms with E-state index in [1.165, 1.54) is 17.9 Å². The Hall–Kier alpha value is -1.96. The normalized spacial score (nSPS) is 14.2. The molecule has 0 radical (unpaired) electrons. The molecular formula is C12H16F3N3O2. The summed E-state index contributed by atoms with van der Waals surface area (Å²) in [5.41, 5.74) is 4.12. The maximum atomic E-state index is 13.0. The molecule has 0 heterocycles. The van der Waals surface area contributed by atoms with Crippen molar-refractivity contribution in [3.8, 4) is 0 Å². The molecule has 0 saturated carbocycles. The lowest BCUT2D eigenvalue weighted by molar-refractivity contribution is -0.137. The lowest BCUT2D eigenvalue weighted by Crippen LogP contribution is -2.28. The summed E-state index contributed by atoms with van der Waals surface area (Å²) in [7, 11) is 1.56. The fraction of sp³-hybridized carbons (Fsp3) is 0.417. The fourth-order valence-corrected chi connectivity index (χ4v) is 1.78. The van der Waals surface area contributed by atoms with Gasteiger partial charge in [-0.2, -0.15) is 13.2 Å². The highest BCUT2D eigenvalue weighted by atomic mass is 19.4. The van der Waals surface area contributed by atoms with Crippen LogP contribution in [0, 0.1) is 0 Å². The van der Waals surface area contributed by atoms with Crippen LogP contribution in [0.1, 0.15) is 18.1 Å². The average molecular weight is 291 g/mol. The van der Waals surface area contributed by atoms with E-state index in [4.69, 9.17) is 10.9 Å². The summed E-state index contributed by atoms with van der Waals surface area (Å²) in [5.74, 6) is -0.609. The van der Waals surface area contributed by atoms with Crippen LogP contribution in [0.3, 0.4) is 0 Å². The van der Waals surface area contributed by atoms with Gasteiger partial charge in [0, 0.05) is 24.8 Å². The van der Waals surface area contributed by atoms with E-state index >= 15 is 0 Å². The van der Waals surface area contributed by atoms with Gasteiger partial charge in [0.2, 0.25) is 0 Å². The Morgan fingerprint density at radius 3 is 2.50 bits per heavy atom. The Labute approximate surface area is 114 Å². The molecule has 1 rings (SSSR count). The summed E-state index contributed by atoms with van der Waals surface area (Å²) in [5, 5.41) is 20.4. The van der Waals surface area contributed by atoms with Crippen molar-refractivity contribution in [2.75, 3.05) is 18.5 Å². The number of halogens is 3. The van der Waals surface area contributed by atoms with Crippen molar-refractivity contribution in [1.82, 2.24) is 0 Å². The highest BCUT2D eigenvalue weighted by Crippen LogP contribution is 2.34. The number of likely N-dealkylation sites (N-methyl/N-ethyl adjacent to an activating group) is 1. The molecule has 1 unspecified atom stereocenters. The van der Waals surface area contributed by atoms with E-state index in [1.54, 1.807) is 7.05 Å². The van der Waals surface area contributed by atoms with Crippen LogP contribution in [0.5, 0.6) is 0 Å². The summed E-state index contributed by atoms with van der Waals surface area (Å²) in [4.78, 5) is 1.48. The molecule has 20 heavy (non-hydrogen) atoms. The number of alkyl halides is 3. The van der Waals surface area contributed by atoms with Crippen LogP contribution >= 0.6 is 0 Å². The number of nitrogens with two attached hydrogens (primary N) is 1. The molecule has 0 aromatic heterocycles. The predicted octanol–water partition coefficient (Wildman–Crippen LogP) is 1.62. The topological polar surface area (TPSA) is 82.1 Å². The number of benzene rings is 1. The van der Waals surface area contributed by atoms with Crippen LogP contribution in [0.15, 0.2) is 23.4 Å². The Kier molecular flexibility index (Phi) is 4.83. The second-order valence-corrected chi connectivity index (χ2v) is 4.44. The molecule has 1 aromatic rings. The number of aliphatic hydroxyl groups excluding tert-OH is 1. The van der Waals surface area contributed by atoms with Crippen LogP contribution in [0.2, 0.25) is 0 Å². The lowest BCUT2D eigenvalue weighted by Gasteiger charge is -2.23. The van der Waals surface area contributed by atoms with Crippen LogP contribution in [0.4, 0.5) is 18.9 Å². The number of hydrogen-bond acceptors (Lipinski definition) is 4. The second-order valence-electron chi connectivity index (χ2n) is 4.44. The minimum Gasteiger partial charge on any atom is -0.409 e. The van der Waals surface area contributed by atoms with Crippen LogP contribution in [-0.2, 0) is 6.18 Å². The first kappa shape index (κ1) is 16.1. The van der Waals surface area contributed by atoms with Crippen LogP contribution < -0.4 is 10.6 Å². The summed E-state index contributed by atoms with van der Waals surface area (Å²) in [6.45, 7) is 1.71. The summed E-state index contributed by atoms with van der Waals surface area (Å²) >= 11 is 0. The molecule has 0 fully saturated rings. The quantitative estimate of drug-likeness (QED) is 0.341. The summed E-state index contributed by atoms with van der Waals surface area (Å²) in [6.07, 6.45) is -5.31. The third-order valence-electron chi connectivity index (χ3n) is 2.67. The van der Waals surface area contributed by atoms with Gasteiger partial charge >= 0.3 is 6.18 Å². The number of hydrogen-bond donors (Lipinski definition) is 3. The van der Waals surface area contributed by atoms with Crippen molar-refractivity contribution in [2.24, 2.45) is 10.9 Å². The molecule has 0 bridgehead atoms. The minimum absolute atomic E-state index is 0.181. The lowest BCUT2D eigenvalue weighted by atomic mass is 10.0. The molecule has 0 amide bonds. The highest BCUT2D eigenvalue weighted by Gasteiger charge is 2.35. The molecule has 0 spiro atoms. The average Bonchev–Trinajstić information content (AvgIpc) is 2.35. The Morgan fingerprint density at radius 2 is 2.05 bits per heavy atom. The standard InChI is InChI=1S/C12H16F3N3O2/c1-7(19)6-18(2)8-3-4-9(11(16)17-20)10(5-8)12(13,14)15/h3-5,7,19-20H,6H2,1-2H3,(H2,16,17). The number of nitrogens with zero attached hydrogens (tertiary/aromatic N) is 2. The Bertz CT molecular complexity index is 501. The van der Waals surface area contributed by atoms with Gasteiger partial charge in [-0.05, 0) is 25.1 Å². The number of oxime groups is 1. The molecule has 4 N–H and O–H groups in total. The third-order valence-corrected chi connectivity index (χ3v) is 2.67. The van der Waals surface area contributed by atoms with Gasteiger partial charge in [0.1, 0.15) is 0 Å². The SMILES string of the molecule is CC(O)CN(C)c1ccc(C(N)=NO)c(C(F)(F)F)c1. The van der Waals surface area contributed by atoms with E-state index in [0.29, 0.717) is 0 Å². The van der Waals surface area contributed by atoms with Gasteiger partial charge in [-0.15, -0.1) is 0 Å². The van der Waals surface area contributed by atoms with E-state index < -0.39 is 29.2 Å². The zero-order chi connectivity index (χ0) is 15.5. The molecule has 0 aliphatic rings. The van der Waals surface area contributed by atoms with Crippen molar-refractivity contribution in [3.05, 3.63) is 29.3 Å². The number of amidine groups is 1. The van der Waals surface area contributed by atoms with Crippen molar-refractivity contribution < 1.29 is 23.5 Å². The largest absolute Gasteiger partial charge is 0.417 e. The predicted molar refractivity (Wildman–Crippen MR) is 68.9 cm³/mol. The maximum Gasteiger partial charge on any atom is 0.417 e. The van der Waals surface area contributed by atoms with Gasteiger partial charge in [-0.25, -0.2) is 0 Å². The Balaban J connectivity index is 3.28. The van der Waals surface area contributed by atoms with E-state index in [1.807, 2.05) is 0 Å². The van der Waals surface area contributed by atoms with E-state index in [9.17, 15) is 18.3 Å². The molecule has 112 valence electrons. The zero-order valence-electron chi connectivity index (χ0n) is 11.0.